The molecule has 3 nitrogen and oxygen atoms in total. The van der Waals surface area contributed by atoms with Crippen LogP contribution in [0, 0.1) is 12.7 Å². The molecule has 82 valence electrons. The summed E-state index contributed by atoms with van der Waals surface area (Å²) in [6.45, 7) is 1.79. The van der Waals surface area contributed by atoms with Crippen LogP contribution in [-0.2, 0) is 11.2 Å². The van der Waals surface area contributed by atoms with Crippen LogP contribution in [-0.4, -0.2) is 18.2 Å². The van der Waals surface area contributed by atoms with Gasteiger partial charge in [0.2, 0.25) is 0 Å². The van der Waals surface area contributed by atoms with E-state index < -0.39 is 11.8 Å². The maximum Gasteiger partial charge on any atom is 0.303 e. The number of carbonyl (C=O) groups is 1. The molecule has 0 aliphatic rings. The van der Waals surface area contributed by atoms with Crippen LogP contribution in [0.5, 0.6) is 5.75 Å². The van der Waals surface area contributed by atoms with E-state index in [4.69, 9.17) is 9.84 Å². The fourth-order valence-corrected chi connectivity index (χ4v) is 1.42. The molecule has 0 fully saturated rings. The predicted molar refractivity (Wildman–Crippen MR) is 53.6 cm³/mol. The summed E-state index contributed by atoms with van der Waals surface area (Å²) in [5.74, 6) is -0.842. The van der Waals surface area contributed by atoms with Gasteiger partial charge in [0.1, 0.15) is 11.6 Å². The van der Waals surface area contributed by atoms with Crippen molar-refractivity contribution in [3.63, 3.8) is 0 Å². The first-order chi connectivity index (χ1) is 7.04. The van der Waals surface area contributed by atoms with E-state index in [1.807, 2.05) is 0 Å². The molecule has 0 aliphatic carbocycles. The zero-order chi connectivity index (χ0) is 11.4. The van der Waals surface area contributed by atoms with Crippen molar-refractivity contribution >= 4 is 5.97 Å². The molecule has 1 aromatic rings. The molecule has 15 heavy (non-hydrogen) atoms. The average molecular weight is 212 g/mol. The molecule has 1 rings (SSSR count). The van der Waals surface area contributed by atoms with Gasteiger partial charge in [-0.3, -0.25) is 4.79 Å². The predicted octanol–water partition coefficient (Wildman–Crippen LogP) is 2.16. The molecule has 0 bridgehead atoms. The first-order valence-corrected chi connectivity index (χ1v) is 4.59. The zero-order valence-corrected chi connectivity index (χ0v) is 8.71. The van der Waals surface area contributed by atoms with Crippen molar-refractivity contribution < 1.29 is 19.0 Å². The number of methoxy groups -OCH3 is 1. The minimum atomic E-state index is -0.891. The van der Waals surface area contributed by atoms with Crippen LogP contribution in [0.3, 0.4) is 0 Å². The second kappa shape index (κ2) is 4.77. The molecule has 1 N–H and O–H groups in total. The van der Waals surface area contributed by atoms with Gasteiger partial charge in [0, 0.05) is 12.5 Å². The number of hydrogen-bond acceptors (Lipinski definition) is 2. The molecule has 0 heterocycles. The Kier molecular flexibility index (Phi) is 3.66. The Hall–Kier alpha value is -1.58. The number of rotatable bonds is 4. The lowest BCUT2D eigenvalue weighted by Crippen LogP contribution is -2.01. The second-order valence-corrected chi connectivity index (χ2v) is 3.29. The lowest BCUT2D eigenvalue weighted by Gasteiger charge is -2.09. The van der Waals surface area contributed by atoms with Crippen LogP contribution < -0.4 is 4.74 Å². The molecule has 0 saturated heterocycles. The zero-order valence-electron chi connectivity index (χ0n) is 8.71. The minimum Gasteiger partial charge on any atom is -0.496 e. The molecular formula is C11H13FO3. The number of benzene rings is 1. The smallest absolute Gasteiger partial charge is 0.303 e. The summed E-state index contributed by atoms with van der Waals surface area (Å²) in [6, 6.07) is 2.64. The van der Waals surface area contributed by atoms with E-state index in [0.29, 0.717) is 17.7 Å². The third-order valence-corrected chi connectivity index (χ3v) is 2.26. The highest BCUT2D eigenvalue weighted by Crippen LogP contribution is 2.24. The van der Waals surface area contributed by atoms with Gasteiger partial charge in [-0.2, -0.15) is 0 Å². The summed E-state index contributed by atoms with van der Waals surface area (Å²) >= 11 is 0. The van der Waals surface area contributed by atoms with Crippen molar-refractivity contribution in [2.24, 2.45) is 0 Å². The van der Waals surface area contributed by atoms with Crippen molar-refractivity contribution in [2.45, 2.75) is 19.8 Å². The van der Waals surface area contributed by atoms with E-state index in [0.717, 1.165) is 5.56 Å². The third-order valence-electron chi connectivity index (χ3n) is 2.26. The first kappa shape index (κ1) is 11.5. The van der Waals surface area contributed by atoms with E-state index in [2.05, 4.69) is 0 Å². The maximum absolute atomic E-state index is 13.1. The molecule has 0 atom stereocenters. The molecule has 0 unspecified atom stereocenters. The standard InChI is InChI=1S/C11H13FO3/c1-7-8(3-4-11(13)14)5-9(12)6-10(7)15-2/h5-6H,3-4H2,1-2H3,(H,13,14). The summed E-state index contributed by atoms with van der Waals surface area (Å²) in [6.07, 6.45) is 0.308. The normalized spacial score (nSPS) is 10.1. The van der Waals surface area contributed by atoms with Crippen molar-refractivity contribution in [3.05, 3.63) is 29.1 Å². The Balaban J connectivity index is 2.95. The largest absolute Gasteiger partial charge is 0.496 e. The monoisotopic (exact) mass is 212 g/mol. The number of aryl methyl sites for hydroxylation is 1. The maximum atomic E-state index is 13.1. The molecule has 0 spiro atoms. The Morgan fingerprint density at radius 1 is 1.53 bits per heavy atom. The van der Waals surface area contributed by atoms with E-state index in [1.54, 1.807) is 6.92 Å². The van der Waals surface area contributed by atoms with Crippen LogP contribution in [0.25, 0.3) is 0 Å². The van der Waals surface area contributed by atoms with Gasteiger partial charge in [0.25, 0.3) is 0 Å². The summed E-state index contributed by atoms with van der Waals surface area (Å²) in [5.41, 5.74) is 1.47. The van der Waals surface area contributed by atoms with Gasteiger partial charge >= 0.3 is 5.97 Å². The fraction of sp³-hybridized carbons (Fsp3) is 0.364. The number of carboxylic acid groups (broad SMARTS) is 1. The second-order valence-electron chi connectivity index (χ2n) is 3.29. The highest BCUT2D eigenvalue weighted by Gasteiger charge is 2.09. The molecule has 0 aliphatic heterocycles. The minimum absolute atomic E-state index is 0.00650. The van der Waals surface area contributed by atoms with Gasteiger partial charge in [0.15, 0.2) is 0 Å². The summed E-state index contributed by atoms with van der Waals surface area (Å²) in [5, 5.41) is 8.54. The first-order valence-electron chi connectivity index (χ1n) is 4.59. The van der Waals surface area contributed by atoms with Crippen LogP contribution in [0.2, 0.25) is 0 Å². The Bertz CT molecular complexity index is 374. The van der Waals surface area contributed by atoms with E-state index in [9.17, 15) is 9.18 Å². The topological polar surface area (TPSA) is 46.5 Å². The van der Waals surface area contributed by atoms with Crippen molar-refractivity contribution in [1.29, 1.82) is 0 Å². The molecule has 0 aromatic heterocycles. The number of hydrogen-bond donors (Lipinski definition) is 1. The molecule has 4 heteroatoms. The number of ether oxygens (including phenoxy) is 1. The number of carboxylic acids is 1. The van der Waals surface area contributed by atoms with Crippen molar-refractivity contribution in [3.8, 4) is 5.75 Å². The lowest BCUT2D eigenvalue weighted by atomic mass is 10.0. The van der Waals surface area contributed by atoms with Crippen LogP contribution in [0.15, 0.2) is 12.1 Å². The molecule has 0 radical (unpaired) electrons. The van der Waals surface area contributed by atoms with Gasteiger partial charge in [-0.1, -0.05) is 0 Å². The van der Waals surface area contributed by atoms with Crippen LogP contribution in [0.4, 0.5) is 4.39 Å². The molecule has 0 saturated carbocycles. The van der Waals surface area contributed by atoms with Gasteiger partial charge in [0.05, 0.1) is 7.11 Å². The van der Waals surface area contributed by atoms with Crippen LogP contribution >= 0.6 is 0 Å². The lowest BCUT2D eigenvalue weighted by molar-refractivity contribution is -0.136. The van der Waals surface area contributed by atoms with Gasteiger partial charge < -0.3 is 9.84 Å². The quantitative estimate of drug-likeness (QED) is 0.831. The highest BCUT2D eigenvalue weighted by atomic mass is 19.1. The summed E-state index contributed by atoms with van der Waals surface area (Å²) < 4.78 is 18.1. The van der Waals surface area contributed by atoms with E-state index in [1.165, 1.54) is 19.2 Å². The fourth-order valence-electron chi connectivity index (χ4n) is 1.42. The Morgan fingerprint density at radius 2 is 2.20 bits per heavy atom. The number of halogens is 1. The molecule has 0 amide bonds. The summed E-state index contributed by atoms with van der Waals surface area (Å²) in [7, 11) is 1.46. The van der Waals surface area contributed by atoms with E-state index >= 15 is 0 Å². The number of aliphatic carboxylic acids is 1. The Labute approximate surface area is 87.5 Å². The highest BCUT2D eigenvalue weighted by molar-refractivity contribution is 5.67. The van der Waals surface area contributed by atoms with Crippen molar-refractivity contribution in [1.82, 2.24) is 0 Å². The third kappa shape index (κ3) is 2.94. The van der Waals surface area contributed by atoms with Crippen LogP contribution in [0.1, 0.15) is 17.5 Å². The van der Waals surface area contributed by atoms with Gasteiger partial charge in [-0.15, -0.1) is 0 Å². The summed E-state index contributed by atoms with van der Waals surface area (Å²) in [4.78, 5) is 10.4. The SMILES string of the molecule is COc1cc(F)cc(CCC(=O)O)c1C. The molecular weight excluding hydrogens is 199 g/mol. The Morgan fingerprint density at radius 3 is 2.73 bits per heavy atom. The van der Waals surface area contributed by atoms with Gasteiger partial charge in [-0.05, 0) is 30.5 Å². The van der Waals surface area contributed by atoms with E-state index in [-0.39, 0.29) is 6.42 Å². The van der Waals surface area contributed by atoms with Gasteiger partial charge in [-0.25, -0.2) is 4.39 Å². The average Bonchev–Trinajstić information content (AvgIpc) is 2.18. The molecule has 1 aromatic carbocycles. The van der Waals surface area contributed by atoms with Crippen molar-refractivity contribution in [2.75, 3.05) is 7.11 Å².